The Labute approximate surface area is 139 Å². The first-order valence-electron chi connectivity index (χ1n) is 7.16. The molecule has 0 radical (unpaired) electrons. The Kier molecular flexibility index (Phi) is 5.70. The second kappa shape index (κ2) is 7.73. The van der Waals surface area contributed by atoms with Crippen LogP contribution < -0.4 is 4.90 Å². The van der Waals surface area contributed by atoms with Crippen molar-refractivity contribution in [3.05, 3.63) is 46.5 Å². The summed E-state index contributed by atoms with van der Waals surface area (Å²) in [4.78, 5) is 30.4. The van der Waals surface area contributed by atoms with Crippen LogP contribution in [-0.2, 0) is 11.3 Å². The van der Waals surface area contributed by atoms with Crippen molar-refractivity contribution in [1.82, 2.24) is 9.88 Å². The first-order valence-corrected chi connectivity index (χ1v) is 7.98. The van der Waals surface area contributed by atoms with Crippen molar-refractivity contribution in [1.29, 1.82) is 0 Å². The summed E-state index contributed by atoms with van der Waals surface area (Å²) in [5.74, 6) is -0.960. The molecule has 2 rings (SSSR count). The molecule has 0 bridgehead atoms. The van der Waals surface area contributed by atoms with Crippen LogP contribution in [0.4, 0.5) is 5.13 Å². The van der Waals surface area contributed by atoms with Gasteiger partial charge < -0.3 is 14.9 Å². The van der Waals surface area contributed by atoms with Gasteiger partial charge in [-0.1, -0.05) is 41.7 Å². The number of hydrogen-bond donors (Lipinski definition) is 1. The molecule has 1 amide bonds. The second-order valence-electron chi connectivity index (χ2n) is 5.20. The van der Waals surface area contributed by atoms with Gasteiger partial charge in [-0.15, -0.1) is 0 Å². The molecule has 122 valence electrons. The summed E-state index contributed by atoms with van der Waals surface area (Å²) in [5, 5.41) is 9.72. The van der Waals surface area contributed by atoms with Gasteiger partial charge in [0.2, 0.25) is 6.41 Å². The number of thiazole rings is 1. The zero-order valence-electron chi connectivity index (χ0n) is 13.1. The Morgan fingerprint density at radius 3 is 2.57 bits per heavy atom. The predicted molar refractivity (Wildman–Crippen MR) is 90.0 cm³/mol. The summed E-state index contributed by atoms with van der Waals surface area (Å²) in [7, 11) is 1.84. The third-order valence-electron chi connectivity index (χ3n) is 3.41. The fraction of sp³-hybridized carbons (Fsp3) is 0.312. The van der Waals surface area contributed by atoms with E-state index in [1.54, 1.807) is 11.8 Å². The van der Waals surface area contributed by atoms with Crippen molar-refractivity contribution < 1.29 is 14.7 Å². The number of rotatable bonds is 8. The van der Waals surface area contributed by atoms with Gasteiger partial charge in [-0.3, -0.25) is 4.79 Å². The molecule has 1 aromatic carbocycles. The molecule has 1 aromatic heterocycles. The van der Waals surface area contributed by atoms with Crippen LogP contribution in [-0.4, -0.2) is 47.5 Å². The van der Waals surface area contributed by atoms with Crippen molar-refractivity contribution in [3.8, 4) is 0 Å². The first-order chi connectivity index (χ1) is 11.0. The van der Waals surface area contributed by atoms with Crippen molar-refractivity contribution in [2.24, 2.45) is 0 Å². The van der Waals surface area contributed by atoms with Crippen LogP contribution >= 0.6 is 11.3 Å². The third kappa shape index (κ3) is 4.53. The van der Waals surface area contributed by atoms with Crippen LogP contribution in [0.15, 0.2) is 30.3 Å². The highest BCUT2D eigenvalue weighted by atomic mass is 32.1. The largest absolute Gasteiger partial charge is 0.477 e. The molecule has 0 spiro atoms. The van der Waals surface area contributed by atoms with Crippen molar-refractivity contribution in [3.63, 3.8) is 0 Å². The lowest BCUT2D eigenvalue weighted by atomic mass is 10.2. The van der Waals surface area contributed by atoms with E-state index < -0.39 is 5.97 Å². The van der Waals surface area contributed by atoms with E-state index in [4.69, 9.17) is 5.11 Å². The Balaban J connectivity index is 1.94. The van der Waals surface area contributed by atoms with Crippen molar-refractivity contribution in [2.45, 2.75) is 13.5 Å². The van der Waals surface area contributed by atoms with E-state index in [1.165, 1.54) is 0 Å². The molecule has 1 heterocycles. The summed E-state index contributed by atoms with van der Waals surface area (Å²) in [5.41, 5.74) is 1.58. The normalized spacial score (nSPS) is 10.3. The van der Waals surface area contributed by atoms with Crippen LogP contribution in [0.5, 0.6) is 0 Å². The first kappa shape index (κ1) is 17.0. The number of carboxylic acid groups (broad SMARTS) is 1. The Morgan fingerprint density at radius 2 is 2.00 bits per heavy atom. The fourth-order valence-electron chi connectivity index (χ4n) is 2.10. The Morgan fingerprint density at radius 1 is 1.30 bits per heavy atom. The number of carbonyl (C=O) groups is 2. The fourth-order valence-corrected chi connectivity index (χ4v) is 3.00. The number of nitrogens with zero attached hydrogens (tertiary/aromatic N) is 3. The molecular formula is C16H19N3O3S. The highest BCUT2D eigenvalue weighted by Crippen LogP contribution is 2.25. The molecule has 0 saturated carbocycles. The van der Waals surface area contributed by atoms with Gasteiger partial charge in [0.1, 0.15) is 4.88 Å². The lowest BCUT2D eigenvalue weighted by molar-refractivity contribution is -0.118. The van der Waals surface area contributed by atoms with E-state index in [-0.39, 0.29) is 4.88 Å². The summed E-state index contributed by atoms with van der Waals surface area (Å²) in [6.45, 7) is 3.35. The van der Waals surface area contributed by atoms with Gasteiger partial charge in [0.05, 0.1) is 5.69 Å². The number of likely N-dealkylation sites (N-methyl/N-ethyl adjacent to an activating group) is 1. The van der Waals surface area contributed by atoms with E-state index in [1.807, 2.05) is 42.3 Å². The molecule has 0 aliphatic heterocycles. The minimum absolute atomic E-state index is 0.253. The molecule has 0 aliphatic rings. The van der Waals surface area contributed by atoms with Crippen LogP contribution in [0, 0.1) is 6.92 Å². The number of benzene rings is 1. The molecular weight excluding hydrogens is 314 g/mol. The molecule has 6 nitrogen and oxygen atoms in total. The van der Waals surface area contributed by atoms with Gasteiger partial charge >= 0.3 is 5.97 Å². The summed E-state index contributed by atoms with van der Waals surface area (Å²) in [6.07, 6.45) is 0.830. The number of aryl methyl sites for hydroxylation is 1. The zero-order valence-corrected chi connectivity index (χ0v) is 13.9. The average Bonchev–Trinajstić information content (AvgIpc) is 2.94. The van der Waals surface area contributed by atoms with Crippen LogP contribution in [0.2, 0.25) is 0 Å². The van der Waals surface area contributed by atoms with Crippen molar-refractivity contribution >= 4 is 28.8 Å². The molecule has 0 aliphatic carbocycles. The number of carboxylic acids is 1. The molecule has 0 unspecified atom stereocenters. The molecule has 23 heavy (non-hydrogen) atoms. The summed E-state index contributed by atoms with van der Waals surface area (Å²) in [6, 6.07) is 9.77. The average molecular weight is 333 g/mol. The number of aromatic nitrogens is 1. The lowest BCUT2D eigenvalue weighted by Gasteiger charge is -2.22. The Hall–Kier alpha value is -2.41. The molecule has 1 N–H and O–H groups in total. The SMILES string of the molecule is Cc1nc(N(C)CCN(C=O)Cc2ccccc2)sc1C(=O)O. The summed E-state index contributed by atoms with van der Waals surface area (Å²) >= 11 is 1.15. The van der Waals surface area contributed by atoms with Crippen molar-refractivity contribution in [2.75, 3.05) is 25.0 Å². The summed E-state index contributed by atoms with van der Waals surface area (Å²) < 4.78 is 0. The number of aromatic carboxylic acids is 1. The van der Waals surface area contributed by atoms with E-state index in [9.17, 15) is 9.59 Å². The maximum absolute atomic E-state index is 11.2. The number of amides is 1. The van der Waals surface area contributed by atoms with Gasteiger partial charge in [0.15, 0.2) is 5.13 Å². The van der Waals surface area contributed by atoms with Crippen LogP contribution in [0.3, 0.4) is 0 Å². The number of hydrogen-bond acceptors (Lipinski definition) is 5. The molecule has 0 saturated heterocycles. The second-order valence-corrected chi connectivity index (χ2v) is 6.18. The topological polar surface area (TPSA) is 73.7 Å². The quantitative estimate of drug-likeness (QED) is 0.750. The highest BCUT2D eigenvalue weighted by molar-refractivity contribution is 7.17. The van der Waals surface area contributed by atoms with E-state index in [0.717, 1.165) is 23.3 Å². The lowest BCUT2D eigenvalue weighted by Crippen LogP contribution is -2.32. The standard InChI is InChI=1S/C16H19N3O3S/c1-12-14(15(21)22)23-16(17-12)18(2)8-9-19(11-20)10-13-6-4-3-5-7-13/h3-7,11H,8-10H2,1-2H3,(H,21,22). The van der Waals surface area contributed by atoms with Gasteiger partial charge in [0, 0.05) is 26.7 Å². The molecule has 7 heteroatoms. The minimum atomic E-state index is -0.960. The predicted octanol–water partition coefficient (Wildman–Crippen LogP) is 2.24. The monoisotopic (exact) mass is 333 g/mol. The van der Waals surface area contributed by atoms with E-state index in [2.05, 4.69) is 4.98 Å². The number of carbonyl (C=O) groups excluding carboxylic acids is 1. The number of anilines is 1. The smallest absolute Gasteiger partial charge is 0.347 e. The molecule has 0 atom stereocenters. The van der Waals surface area contributed by atoms with Gasteiger partial charge in [-0.2, -0.15) is 0 Å². The maximum atomic E-state index is 11.2. The maximum Gasteiger partial charge on any atom is 0.347 e. The van der Waals surface area contributed by atoms with E-state index in [0.29, 0.717) is 30.5 Å². The minimum Gasteiger partial charge on any atom is -0.477 e. The van der Waals surface area contributed by atoms with E-state index >= 15 is 0 Å². The van der Waals surface area contributed by atoms with Crippen LogP contribution in [0.25, 0.3) is 0 Å². The third-order valence-corrected chi connectivity index (χ3v) is 4.67. The molecule has 2 aromatic rings. The van der Waals surface area contributed by atoms with Crippen LogP contribution in [0.1, 0.15) is 20.9 Å². The van der Waals surface area contributed by atoms with Gasteiger partial charge in [-0.05, 0) is 12.5 Å². The zero-order chi connectivity index (χ0) is 16.8. The molecule has 0 fully saturated rings. The van der Waals surface area contributed by atoms with Gasteiger partial charge in [-0.25, -0.2) is 9.78 Å². The Bertz CT molecular complexity index is 672. The van der Waals surface area contributed by atoms with Gasteiger partial charge in [0.25, 0.3) is 0 Å². The highest BCUT2D eigenvalue weighted by Gasteiger charge is 2.16.